The van der Waals surface area contributed by atoms with E-state index in [1.54, 1.807) is 0 Å². The summed E-state index contributed by atoms with van der Waals surface area (Å²) in [5.74, 6) is 0. The second-order valence-corrected chi connectivity index (χ2v) is 5.60. The largest absolute Gasteiger partial charge is 0.389 e. The van der Waals surface area contributed by atoms with Gasteiger partial charge in [0, 0.05) is 18.8 Å². The van der Waals surface area contributed by atoms with E-state index in [9.17, 15) is 0 Å². The molecule has 2 rings (SSSR count). The van der Waals surface area contributed by atoms with Gasteiger partial charge in [-0.3, -0.25) is 0 Å². The van der Waals surface area contributed by atoms with Crippen LogP contribution >= 0.6 is 23.8 Å². The van der Waals surface area contributed by atoms with E-state index in [0.29, 0.717) is 10.0 Å². The molecule has 18 heavy (non-hydrogen) atoms. The lowest BCUT2D eigenvalue weighted by Crippen LogP contribution is -2.29. The van der Waals surface area contributed by atoms with Gasteiger partial charge in [-0.1, -0.05) is 49.1 Å². The molecule has 98 valence electrons. The molecule has 0 radical (unpaired) electrons. The second-order valence-electron chi connectivity index (χ2n) is 4.75. The number of thiocarbonyl (C=S) groups is 1. The Hall–Kier alpha value is -0.800. The molecule has 1 aliphatic heterocycles. The van der Waals surface area contributed by atoms with Crippen LogP contribution in [0.4, 0.5) is 5.69 Å². The van der Waals surface area contributed by atoms with Gasteiger partial charge >= 0.3 is 0 Å². The fraction of sp³-hybridized carbons (Fsp3) is 0.500. The fourth-order valence-corrected chi connectivity index (χ4v) is 3.05. The van der Waals surface area contributed by atoms with Crippen LogP contribution in [0.1, 0.15) is 37.7 Å². The first kappa shape index (κ1) is 13.6. The molecule has 0 unspecified atom stereocenters. The van der Waals surface area contributed by atoms with E-state index in [2.05, 4.69) is 11.0 Å². The summed E-state index contributed by atoms with van der Waals surface area (Å²) >= 11 is 11.4. The summed E-state index contributed by atoms with van der Waals surface area (Å²) in [5.41, 5.74) is 7.74. The summed E-state index contributed by atoms with van der Waals surface area (Å²) in [6.07, 6.45) is 6.41. The molecule has 1 fully saturated rings. The summed E-state index contributed by atoms with van der Waals surface area (Å²) in [4.78, 5) is 2.76. The van der Waals surface area contributed by atoms with Crippen molar-refractivity contribution in [1.29, 1.82) is 0 Å². The summed E-state index contributed by atoms with van der Waals surface area (Å²) in [6.45, 7) is 2.13. The molecule has 1 aromatic rings. The molecule has 0 amide bonds. The quantitative estimate of drug-likeness (QED) is 0.838. The smallest absolute Gasteiger partial charge is 0.107 e. The first-order valence-electron chi connectivity index (χ1n) is 6.53. The highest BCUT2D eigenvalue weighted by Gasteiger charge is 2.16. The molecule has 0 aromatic heterocycles. The van der Waals surface area contributed by atoms with Crippen molar-refractivity contribution in [2.24, 2.45) is 5.73 Å². The Morgan fingerprint density at radius 2 is 1.72 bits per heavy atom. The van der Waals surface area contributed by atoms with Crippen LogP contribution in [0.25, 0.3) is 0 Å². The number of hydrogen-bond donors (Lipinski definition) is 1. The van der Waals surface area contributed by atoms with Gasteiger partial charge in [-0.25, -0.2) is 0 Å². The molecule has 2 nitrogen and oxygen atoms in total. The van der Waals surface area contributed by atoms with Gasteiger partial charge < -0.3 is 10.6 Å². The van der Waals surface area contributed by atoms with Crippen molar-refractivity contribution in [2.45, 2.75) is 32.1 Å². The minimum atomic E-state index is 0.387. The molecule has 0 spiro atoms. The summed E-state index contributed by atoms with van der Waals surface area (Å²) < 4.78 is 0. The molecule has 1 aliphatic rings. The minimum Gasteiger partial charge on any atom is -0.389 e. The van der Waals surface area contributed by atoms with Crippen molar-refractivity contribution in [3.63, 3.8) is 0 Å². The molecular formula is C14H19ClN2S. The lowest BCUT2D eigenvalue weighted by atomic mass is 10.1. The Balaban J connectivity index is 2.30. The number of halogens is 1. The van der Waals surface area contributed by atoms with Crippen LogP contribution < -0.4 is 10.6 Å². The average molecular weight is 283 g/mol. The van der Waals surface area contributed by atoms with Gasteiger partial charge in [0.2, 0.25) is 0 Å². The number of anilines is 1. The first-order chi connectivity index (χ1) is 8.70. The number of rotatable bonds is 2. The summed E-state index contributed by atoms with van der Waals surface area (Å²) in [6, 6.07) is 5.89. The van der Waals surface area contributed by atoms with Crippen molar-refractivity contribution in [1.82, 2.24) is 0 Å². The monoisotopic (exact) mass is 282 g/mol. The molecule has 0 aliphatic carbocycles. The Bertz CT molecular complexity index is 426. The Kier molecular flexibility index (Phi) is 4.84. The fourth-order valence-electron chi connectivity index (χ4n) is 2.51. The third-order valence-electron chi connectivity index (χ3n) is 3.43. The molecule has 4 heteroatoms. The molecule has 1 heterocycles. The average Bonchev–Trinajstić information content (AvgIpc) is 2.27. The van der Waals surface area contributed by atoms with Crippen molar-refractivity contribution in [3.8, 4) is 0 Å². The van der Waals surface area contributed by atoms with Gasteiger partial charge in [0.25, 0.3) is 0 Å². The third kappa shape index (κ3) is 3.15. The van der Waals surface area contributed by atoms with Gasteiger partial charge in [0.05, 0.1) is 10.6 Å². The molecule has 0 saturated carbocycles. The maximum atomic E-state index is 6.22. The van der Waals surface area contributed by atoms with Gasteiger partial charge in [0.1, 0.15) is 4.99 Å². The maximum Gasteiger partial charge on any atom is 0.107 e. The molecular weight excluding hydrogens is 264 g/mol. The van der Waals surface area contributed by atoms with E-state index in [4.69, 9.17) is 29.6 Å². The highest BCUT2D eigenvalue weighted by molar-refractivity contribution is 7.80. The number of nitrogens with two attached hydrogens (primary N) is 1. The normalized spacial score (nSPS) is 17.1. The summed E-state index contributed by atoms with van der Waals surface area (Å²) in [5, 5.41) is 0.655. The predicted molar refractivity (Wildman–Crippen MR) is 82.6 cm³/mol. The predicted octanol–water partition coefficient (Wildman–Crippen LogP) is 3.74. The van der Waals surface area contributed by atoms with Gasteiger partial charge in [-0.2, -0.15) is 0 Å². The Morgan fingerprint density at radius 3 is 2.33 bits per heavy atom. The molecule has 0 bridgehead atoms. The van der Waals surface area contributed by atoms with Crippen molar-refractivity contribution < 1.29 is 0 Å². The van der Waals surface area contributed by atoms with Crippen LogP contribution in [-0.2, 0) is 0 Å². The second kappa shape index (κ2) is 6.39. The number of nitrogens with zero attached hydrogens (tertiary/aromatic N) is 1. The van der Waals surface area contributed by atoms with Gasteiger partial charge in [-0.05, 0) is 25.0 Å². The van der Waals surface area contributed by atoms with Crippen LogP contribution in [0.5, 0.6) is 0 Å². The molecule has 1 saturated heterocycles. The summed E-state index contributed by atoms with van der Waals surface area (Å²) in [7, 11) is 0. The zero-order valence-corrected chi connectivity index (χ0v) is 12.1. The molecule has 2 N–H and O–H groups in total. The van der Waals surface area contributed by atoms with Crippen LogP contribution in [-0.4, -0.2) is 18.1 Å². The van der Waals surface area contributed by atoms with Crippen LogP contribution in [0.3, 0.4) is 0 Å². The highest BCUT2D eigenvalue weighted by Crippen LogP contribution is 2.29. The van der Waals surface area contributed by atoms with Crippen LogP contribution in [0.15, 0.2) is 18.2 Å². The van der Waals surface area contributed by atoms with Crippen molar-refractivity contribution in [2.75, 3.05) is 18.0 Å². The van der Waals surface area contributed by atoms with Crippen molar-refractivity contribution >= 4 is 34.5 Å². The van der Waals surface area contributed by atoms with E-state index >= 15 is 0 Å². The Morgan fingerprint density at radius 1 is 1.11 bits per heavy atom. The lowest BCUT2D eigenvalue weighted by molar-refractivity contribution is 0.556. The standard InChI is InChI=1S/C14H19ClN2S/c15-11-7-6-8-12(13(11)14(16)18)17-9-4-2-1-3-5-10-17/h6-8H,1-5,9-10H2,(H2,16,18). The SMILES string of the molecule is NC(=S)c1c(Cl)cccc1N1CCCCCCC1. The van der Waals surface area contributed by atoms with Gasteiger partial charge in [0.15, 0.2) is 0 Å². The van der Waals surface area contributed by atoms with Crippen molar-refractivity contribution in [3.05, 3.63) is 28.8 Å². The van der Waals surface area contributed by atoms with E-state index in [1.807, 2.05) is 12.1 Å². The van der Waals surface area contributed by atoms with Gasteiger partial charge in [-0.15, -0.1) is 0 Å². The number of benzene rings is 1. The van der Waals surface area contributed by atoms with Crippen LogP contribution in [0, 0.1) is 0 Å². The van der Waals surface area contributed by atoms with E-state index in [1.165, 1.54) is 32.1 Å². The zero-order valence-electron chi connectivity index (χ0n) is 10.5. The highest BCUT2D eigenvalue weighted by atomic mass is 35.5. The lowest BCUT2D eigenvalue weighted by Gasteiger charge is -2.29. The zero-order chi connectivity index (χ0) is 13.0. The van der Waals surface area contributed by atoms with E-state index in [0.717, 1.165) is 24.3 Å². The first-order valence-corrected chi connectivity index (χ1v) is 7.32. The minimum absolute atomic E-state index is 0.387. The maximum absolute atomic E-state index is 6.22. The van der Waals surface area contributed by atoms with E-state index < -0.39 is 0 Å². The molecule has 1 aromatic carbocycles. The Labute approximate surface area is 119 Å². The molecule has 0 atom stereocenters. The third-order valence-corrected chi connectivity index (χ3v) is 3.95. The topological polar surface area (TPSA) is 29.3 Å². The van der Waals surface area contributed by atoms with E-state index in [-0.39, 0.29) is 0 Å². The number of hydrogen-bond acceptors (Lipinski definition) is 2. The van der Waals surface area contributed by atoms with Crippen LogP contribution in [0.2, 0.25) is 5.02 Å².